The van der Waals surface area contributed by atoms with E-state index < -0.39 is 0 Å². The number of benzene rings is 1. The van der Waals surface area contributed by atoms with Gasteiger partial charge in [-0.2, -0.15) is 0 Å². The Morgan fingerprint density at radius 1 is 1.10 bits per heavy atom. The van der Waals surface area contributed by atoms with Gasteiger partial charge < -0.3 is 10.2 Å². The maximum Gasteiger partial charge on any atom is 0.321 e. The lowest BCUT2D eigenvalue weighted by atomic mass is 10.1. The van der Waals surface area contributed by atoms with Gasteiger partial charge in [-0.1, -0.05) is 18.2 Å². The lowest BCUT2D eigenvalue weighted by Gasteiger charge is -2.42. The average molecular weight is 275 g/mol. The molecule has 1 N–H and O–H groups in total. The highest BCUT2D eigenvalue weighted by Gasteiger charge is 2.27. The molecule has 1 aromatic carbocycles. The second-order valence-corrected chi connectivity index (χ2v) is 6.39. The molecule has 110 valence electrons. The molecule has 0 bridgehead atoms. The van der Waals surface area contributed by atoms with Gasteiger partial charge in [0.25, 0.3) is 0 Å². The van der Waals surface area contributed by atoms with Gasteiger partial charge in [0.05, 0.1) is 0 Å². The smallest absolute Gasteiger partial charge is 0.321 e. The Labute approximate surface area is 121 Å². The molecule has 2 rings (SSSR count). The molecule has 0 spiro atoms. The van der Waals surface area contributed by atoms with Gasteiger partial charge in [0.15, 0.2) is 0 Å². The van der Waals surface area contributed by atoms with Gasteiger partial charge in [-0.3, -0.25) is 4.90 Å². The van der Waals surface area contributed by atoms with Crippen LogP contribution in [-0.2, 0) is 0 Å². The highest BCUT2D eigenvalue weighted by molar-refractivity contribution is 5.90. The first-order valence-electron chi connectivity index (χ1n) is 7.24. The second-order valence-electron chi connectivity index (χ2n) is 6.39. The van der Waals surface area contributed by atoms with Crippen LogP contribution in [0.25, 0.3) is 0 Å². The van der Waals surface area contributed by atoms with Gasteiger partial charge in [-0.05, 0) is 39.3 Å². The lowest BCUT2D eigenvalue weighted by Crippen LogP contribution is -2.55. The third kappa shape index (κ3) is 3.51. The van der Waals surface area contributed by atoms with Crippen molar-refractivity contribution in [3.63, 3.8) is 0 Å². The van der Waals surface area contributed by atoms with Crippen LogP contribution < -0.4 is 5.32 Å². The first-order chi connectivity index (χ1) is 9.38. The number of amides is 2. The molecule has 1 fully saturated rings. The molecule has 0 radical (unpaired) electrons. The van der Waals surface area contributed by atoms with Crippen molar-refractivity contribution in [2.75, 3.05) is 31.5 Å². The van der Waals surface area contributed by atoms with Crippen LogP contribution in [0, 0.1) is 6.92 Å². The normalized spacial score (nSPS) is 17.1. The van der Waals surface area contributed by atoms with Gasteiger partial charge in [0.2, 0.25) is 0 Å². The fourth-order valence-electron chi connectivity index (χ4n) is 2.49. The Morgan fingerprint density at radius 2 is 1.70 bits per heavy atom. The van der Waals surface area contributed by atoms with E-state index in [-0.39, 0.29) is 11.6 Å². The summed E-state index contributed by atoms with van der Waals surface area (Å²) in [4.78, 5) is 16.6. The number of anilines is 1. The van der Waals surface area contributed by atoms with Crippen LogP contribution in [0.2, 0.25) is 0 Å². The molecule has 20 heavy (non-hydrogen) atoms. The minimum absolute atomic E-state index is 0.00728. The molecule has 0 atom stereocenters. The van der Waals surface area contributed by atoms with Crippen LogP contribution in [0.15, 0.2) is 24.3 Å². The number of carbonyl (C=O) groups is 1. The van der Waals surface area contributed by atoms with Gasteiger partial charge in [-0.15, -0.1) is 0 Å². The van der Waals surface area contributed by atoms with E-state index in [2.05, 4.69) is 31.0 Å². The monoisotopic (exact) mass is 275 g/mol. The number of carbonyl (C=O) groups excluding carboxylic acids is 1. The Kier molecular flexibility index (Phi) is 4.33. The van der Waals surface area contributed by atoms with Crippen molar-refractivity contribution in [3.05, 3.63) is 29.8 Å². The van der Waals surface area contributed by atoms with E-state index in [1.54, 1.807) is 0 Å². The van der Waals surface area contributed by atoms with E-state index in [1.807, 2.05) is 36.1 Å². The SMILES string of the molecule is Cc1ccccc1NC(=O)N1CCN(C(C)(C)C)CC1. The molecular weight excluding hydrogens is 250 g/mol. The van der Waals surface area contributed by atoms with E-state index >= 15 is 0 Å². The largest absolute Gasteiger partial charge is 0.322 e. The summed E-state index contributed by atoms with van der Waals surface area (Å²) in [5, 5.41) is 3.00. The van der Waals surface area contributed by atoms with Crippen molar-refractivity contribution >= 4 is 11.7 Å². The molecule has 1 heterocycles. The van der Waals surface area contributed by atoms with E-state index in [9.17, 15) is 4.79 Å². The van der Waals surface area contributed by atoms with Crippen molar-refractivity contribution < 1.29 is 4.79 Å². The summed E-state index contributed by atoms with van der Waals surface area (Å²) in [5.41, 5.74) is 2.17. The zero-order valence-electron chi connectivity index (χ0n) is 12.9. The van der Waals surface area contributed by atoms with Crippen molar-refractivity contribution in [1.29, 1.82) is 0 Å². The molecular formula is C16H25N3O. The maximum atomic E-state index is 12.3. The molecule has 0 aliphatic carbocycles. The number of para-hydroxylation sites is 1. The van der Waals surface area contributed by atoms with Crippen molar-refractivity contribution in [1.82, 2.24) is 9.80 Å². The van der Waals surface area contributed by atoms with Crippen molar-refractivity contribution in [2.45, 2.75) is 33.2 Å². The quantitative estimate of drug-likeness (QED) is 0.855. The number of urea groups is 1. The Bertz CT molecular complexity index is 471. The summed E-state index contributed by atoms with van der Waals surface area (Å²) in [6.45, 7) is 12.1. The summed E-state index contributed by atoms with van der Waals surface area (Å²) >= 11 is 0. The topological polar surface area (TPSA) is 35.6 Å². The summed E-state index contributed by atoms with van der Waals surface area (Å²) in [6, 6.07) is 7.88. The van der Waals surface area contributed by atoms with Crippen molar-refractivity contribution in [2.24, 2.45) is 0 Å². The highest BCUT2D eigenvalue weighted by Crippen LogP contribution is 2.17. The molecule has 1 aliphatic heterocycles. The van der Waals surface area contributed by atoms with Crippen LogP contribution in [0.5, 0.6) is 0 Å². The van der Waals surface area contributed by atoms with E-state index in [0.29, 0.717) is 0 Å². The fourth-order valence-corrected chi connectivity index (χ4v) is 2.49. The second kappa shape index (κ2) is 5.83. The highest BCUT2D eigenvalue weighted by atomic mass is 16.2. The molecule has 1 aromatic rings. The number of rotatable bonds is 1. The standard InChI is InChI=1S/C16H25N3O/c1-13-7-5-6-8-14(13)17-15(20)18-9-11-19(12-10-18)16(2,3)4/h5-8H,9-12H2,1-4H3,(H,17,20). The van der Waals surface area contributed by atoms with E-state index in [0.717, 1.165) is 37.4 Å². The van der Waals surface area contributed by atoms with Crippen LogP contribution in [0.4, 0.5) is 10.5 Å². The first-order valence-corrected chi connectivity index (χ1v) is 7.24. The van der Waals surface area contributed by atoms with Crippen LogP contribution in [-0.4, -0.2) is 47.5 Å². The zero-order chi connectivity index (χ0) is 14.8. The molecule has 0 saturated carbocycles. The third-order valence-electron chi connectivity index (χ3n) is 3.90. The van der Waals surface area contributed by atoms with Crippen LogP contribution in [0.3, 0.4) is 0 Å². The predicted octanol–water partition coefficient (Wildman–Crippen LogP) is 2.94. The number of hydrogen-bond acceptors (Lipinski definition) is 2. The van der Waals surface area contributed by atoms with E-state index in [1.165, 1.54) is 0 Å². The van der Waals surface area contributed by atoms with E-state index in [4.69, 9.17) is 0 Å². The molecule has 0 aromatic heterocycles. The molecule has 4 heteroatoms. The van der Waals surface area contributed by atoms with Gasteiger partial charge in [0.1, 0.15) is 0 Å². The molecule has 2 amide bonds. The molecule has 0 unspecified atom stereocenters. The Morgan fingerprint density at radius 3 is 2.25 bits per heavy atom. The Hall–Kier alpha value is -1.55. The first kappa shape index (κ1) is 14.9. The summed E-state index contributed by atoms with van der Waals surface area (Å²) < 4.78 is 0. The van der Waals surface area contributed by atoms with Gasteiger partial charge in [-0.25, -0.2) is 4.79 Å². The molecule has 1 aliphatic rings. The van der Waals surface area contributed by atoms with Crippen LogP contribution >= 0.6 is 0 Å². The number of nitrogens with one attached hydrogen (secondary N) is 1. The van der Waals surface area contributed by atoms with Gasteiger partial charge in [0, 0.05) is 37.4 Å². The molecule has 4 nitrogen and oxygen atoms in total. The maximum absolute atomic E-state index is 12.3. The zero-order valence-corrected chi connectivity index (χ0v) is 12.9. The number of nitrogens with zero attached hydrogens (tertiary/aromatic N) is 2. The summed E-state index contributed by atoms with van der Waals surface area (Å²) in [6.07, 6.45) is 0. The average Bonchev–Trinajstić information content (AvgIpc) is 2.40. The van der Waals surface area contributed by atoms with Gasteiger partial charge >= 0.3 is 6.03 Å². The minimum Gasteiger partial charge on any atom is -0.322 e. The minimum atomic E-state index is 0.00728. The summed E-state index contributed by atoms with van der Waals surface area (Å²) in [7, 11) is 0. The summed E-state index contributed by atoms with van der Waals surface area (Å²) in [5.74, 6) is 0. The van der Waals surface area contributed by atoms with Crippen molar-refractivity contribution in [3.8, 4) is 0 Å². The molecule has 1 saturated heterocycles. The van der Waals surface area contributed by atoms with Crippen LogP contribution in [0.1, 0.15) is 26.3 Å². The predicted molar refractivity (Wildman–Crippen MR) is 83.1 cm³/mol. The Balaban J connectivity index is 1.91. The third-order valence-corrected chi connectivity index (χ3v) is 3.90. The number of hydrogen-bond donors (Lipinski definition) is 1. The number of aryl methyl sites for hydroxylation is 1. The number of piperazine rings is 1. The lowest BCUT2D eigenvalue weighted by molar-refractivity contribution is 0.0774. The fraction of sp³-hybridized carbons (Fsp3) is 0.562.